The van der Waals surface area contributed by atoms with E-state index in [1.54, 1.807) is 35.4 Å². The van der Waals surface area contributed by atoms with E-state index in [4.69, 9.17) is 21.1 Å². The summed E-state index contributed by atoms with van der Waals surface area (Å²) in [6.07, 6.45) is 6.50. The van der Waals surface area contributed by atoms with E-state index in [0.717, 1.165) is 5.56 Å². The molecule has 1 aromatic carbocycles. The molecule has 1 heterocycles. The summed E-state index contributed by atoms with van der Waals surface area (Å²) < 4.78 is 10.4. The van der Waals surface area contributed by atoms with Gasteiger partial charge in [0.05, 0.1) is 25.5 Å². The molecule has 5 nitrogen and oxygen atoms in total. The van der Waals surface area contributed by atoms with Gasteiger partial charge in [0.15, 0.2) is 0 Å². The van der Waals surface area contributed by atoms with Gasteiger partial charge in [-0.15, -0.1) is 0 Å². The van der Waals surface area contributed by atoms with Crippen LogP contribution in [0.1, 0.15) is 5.56 Å². The molecule has 1 aromatic rings. The molecule has 0 fully saturated rings. The molecule has 1 aliphatic heterocycles. The number of methoxy groups -OCH3 is 2. The van der Waals surface area contributed by atoms with Crippen molar-refractivity contribution in [3.63, 3.8) is 0 Å². The molecule has 0 bridgehead atoms. The van der Waals surface area contributed by atoms with Gasteiger partial charge in [-0.05, 0) is 52.7 Å². The van der Waals surface area contributed by atoms with Crippen molar-refractivity contribution in [2.45, 2.75) is 6.92 Å². The summed E-state index contributed by atoms with van der Waals surface area (Å²) in [6, 6.07) is 3.51. The van der Waals surface area contributed by atoms with Gasteiger partial charge < -0.3 is 14.4 Å². The van der Waals surface area contributed by atoms with Gasteiger partial charge in [-0.3, -0.25) is 0 Å². The zero-order valence-electron chi connectivity index (χ0n) is 13.3. The van der Waals surface area contributed by atoms with Gasteiger partial charge in [-0.1, -0.05) is 17.7 Å². The van der Waals surface area contributed by atoms with Crippen LogP contribution < -0.4 is 4.90 Å². The first-order valence-corrected chi connectivity index (χ1v) is 8.09. The average molecular weight is 413 g/mol. The molecule has 0 N–H and O–H groups in total. The predicted molar refractivity (Wildman–Crippen MR) is 95.7 cm³/mol. The number of anilines is 1. The normalized spacial score (nSPS) is 13.8. The Morgan fingerprint density at radius 1 is 1.12 bits per heavy atom. The molecule has 0 amide bonds. The molecule has 0 radical (unpaired) electrons. The second-order valence-corrected chi connectivity index (χ2v) is 6.08. The van der Waals surface area contributed by atoms with E-state index >= 15 is 0 Å². The minimum Gasteiger partial charge on any atom is -0.465 e. The number of nitrogens with zero attached hydrogens (tertiary/aromatic N) is 1. The summed E-state index contributed by atoms with van der Waals surface area (Å²) in [7, 11) is 2.50. The minimum absolute atomic E-state index is 0.0421. The third-order valence-electron chi connectivity index (χ3n) is 3.45. The summed E-state index contributed by atoms with van der Waals surface area (Å²) in [6.45, 7) is 1.82. The Balaban J connectivity index is 2.78. The number of carbonyl (C=O) groups excluding carboxylic acids is 2. The molecule has 0 saturated carbocycles. The van der Waals surface area contributed by atoms with E-state index in [0.29, 0.717) is 15.2 Å². The number of allylic oxidation sites excluding steroid dienone is 2. The quantitative estimate of drug-likeness (QED) is 0.705. The molecule has 7 heteroatoms. The first-order valence-electron chi connectivity index (χ1n) is 6.92. The fourth-order valence-corrected chi connectivity index (χ4v) is 3.05. The molecule has 0 atom stereocenters. The average Bonchev–Trinajstić information content (AvgIpc) is 2.80. The Hall–Kier alpha value is -2.05. The number of halogens is 2. The van der Waals surface area contributed by atoms with Crippen LogP contribution in [0.5, 0.6) is 0 Å². The van der Waals surface area contributed by atoms with Gasteiger partial charge in [0, 0.05) is 15.7 Å². The van der Waals surface area contributed by atoms with Crippen molar-refractivity contribution in [2.24, 2.45) is 0 Å². The maximum absolute atomic E-state index is 12.4. The monoisotopic (exact) mass is 411 g/mol. The summed E-state index contributed by atoms with van der Waals surface area (Å²) in [5.41, 5.74) is 1.49. The standard InChI is InChI=1S/C17H15BrClNO4/c1-10-13(19)8-7-12(18)14(10)20-9-5-4-6-11(16(21)23-2)15(20)17(22)24-3/h4-9H,1-3H3. The molecule has 0 saturated heterocycles. The zero-order chi connectivity index (χ0) is 17.9. The van der Waals surface area contributed by atoms with Crippen molar-refractivity contribution in [1.82, 2.24) is 0 Å². The highest BCUT2D eigenvalue weighted by molar-refractivity contribution is 9.10. The van der Waals surface area contributed by atoms with Crippen LogP contribution in [-0.2, 0) is 19.1 Å². The van der Waals surface area contributed by atoms with Crippen molar-refractivity contribution in [3.05, 3.63) is 62.9 Å². The van der Waals surface area contributed by atoms with E-state index in [2.05, 4.69) is 15.9 Å². The lowest BCUT2D eigenvalue weighted by Gasteiger charge is -2.26. The summed E-state index contributed by atoms with van der Waals surface area (Å²) in [5.74, 6) is -1.31. The van der Waals surface area contributed by atoms with E-state index in [1.165, 1.54) is 20.3 Å². The van der Waals surface area contributed by atoms with Crippen molar-refractivity contribution in [2.75, 3.05) is 19.1 Å². The summed E-state index contributed by atoms with van der Waals surface area (Å²) in [4.78, 5) is 26.1. The Labute approximate surface area is 153 Å². The predicted octanol–water partition coefficient (Wildman–Crippen LogP) is 3.90. The molecule has 0 spiro atoms. The molecule has 0 aliphatic carbocycles. The van der Waals surface area contributed by atoms with Gasteiger partial charge in [0.1, 0.15) is 5.70 Å². The van der Waals surface area contributed by atoms with Gasteiger partial charge in [-0.2, -0.15) is 0 Å². The molecule has 0 unspecified atom stereocenters. The molecule has 1 aliphatic rings. The zero-order valence-corrected chi connectivity index (χ0v) is 15.6. The van der Waals surface area contributed by atoms with Crippen molar-refractivity contribution < 1.29 is 19.1 Å². The van der Waals surface area contributed by atoms with Crippen LogP contribution in [0.4, 0.5) is 5.69 Å². The summed E-state index contributed by atoms with van der Waals surface area (Å²) >= 11 is 9.69. The summed E-state index contributed by atoms with van der Waals surface area (Å²) in [5, 5.41) is 0.530. The molecule has 126 valence electrons. The van der Waals surface area contributed by atoms with Crippen molar-refractivity contribution in [1.29, 1.82) is 0 Å². The maximum atomic E-state index is 12.4. The second kappa shape index (κ2) is 7.68. The maximum Gasteiger partial charge on any atom is 0.355 e. The van der Waals surface area contributed by atoms with E-state index in [9.17, 15) is 9.59 Å². The van der Waals surface area contributed by atoms with E-state index in [1.807, 2.05) is 6.92 Å². The lowest BCUT2D eigenvalue weighted by Crippen LogP contribution is -2.27. The molecule has 0 aromatic heterocycles. The lowest BCUT2D eigenvalue weighted by molar-refractivity contribution is -0.139. The number of benzene rings is 1. The Morgan fingerprint density at radius 3 is 2.42 bits per heavy atom. The molecule has 2 rings (SSSR count). The Morgan fingerprint density at radius 2 is 1.79 bits per heavy atom. The number of carbonyl (C=O) groups is 2. The highest BCUT2D eigenvalue weighted by Gasteiger charge is 2.29. The van der Waals surface area contributed by atoms with Gasteiger partial charge in [0.2, 0.25) is 0 Å². The second-order valence-electron chi connectivity index (χ2n) is 4.82. The lowest BCUT2D eigenvalue weighted by atomic mass is 10.1. The third-order valence-corrected chi connectivity index (χ3v) is 4.50. The van der Waals surface area contributed by atoms with Crippen LogP contribution in [-0.4, -0.2) is 26.2 Å². The Bertz CT molecular complexity index is 783. The van der Waals surface area contributed by atoms with Crippen LogP contribution in [0, 0.1) is 6.92 Å². The number of esters is 2. The Kier molecular flexibility index (Phi) is 5.85. The fraction of sp³-hybridized carbons (Fsp3) is 0.176. The van der Waals surface area contributed by atoms with Crippen LogP contribution in [0.2, 0.25) is 5.02 Å². The molecule has 24 heavy (non-hydrogen) atoms. The van der Waals surface area contributed by atoms with Gasteiger partial charge in [0.25, 0.3) is 0 Å². The van der Waals surface area contributed by atoms with E-state index in [-0.39, 0.29) is 11.3 Å². The fourth-order valence-electron chi connectivity index (χ4n) is 2.28. The van der Waals surface area contributed by atoms with Gasteiger partial charge in [-0.25, -0.2) is 9.59 Å². The first-order chi connectivity index (χ1) is 11.4. The number of hydrogen-bond acceptors (Lipinski definition) is 5. The van der Waals surface area contributed by atoms with Crippen LogP contribution in [0.25, 0.3) is 0 Å². The topological polar surface area (TPSA) is 55.8 Å². The van der Waals surface area contributed by atoms with Gasteiger partial charge >= 0.3 is 11.9 Å². The van der Waals surface area contributed by atoms with Crippen LogP contribution >= 0.6 is 27.5 Å². The third kappa shape index (κ3) is 3.39. The minimum atomic E-state index is -0.669. The SMILES string of the molecule is COC(=O)C1=C(C(=O)OC)N(c2c(Br)ccc(Cl)c2C)C=CC=C1. The molecular weight excluding hydrogens is 398 g/mol. The first kappa shape index (κ1) is 18.3. The van der Waals surface area contributed by atoms with Crippen LogP contribution in [0.15, 0.2) is 52.3 Å². The van der Waals surface area contributed by atoms with Crippen LogP contribution in [0.3, 0.4) is 0 Å². The van der Waals surface area contributed by atoms with Crippen molar-refractivity contribution in [3.8, 4) is 0 Å². The highest BCUT2D eigenvalue weighted by atomic mass is 79.9. The highest BCUT2D eigenvalue weighted by Crippen LogP contribution is 2.38. The smallest absolute Gasteiger partial charge is 0.355 e. The van der Waals surface area contributed by atoms with E-state index < -0.39 is 11.9 Å². The van der Waals surface area contributed by atoms with Crippen molar-refractivity contribution >= 4 is 45.2 Å². The number of ether oxygens (including phenoxy) is 2. The molecular formula is C17H15BrClNO4. The largest absolute Gasteiger partial charge is 0.465 e. The number of hydrogen-bond donors (Lipinski definition) is 0. The number of rotatable bonds is 3.